The molecule has 0 bridgehead atoms. The molecule has 1 fully saturated rings. The molecule has 1 heterocycles. The largest absolute Gasteiger partial charge is 0.391 e. The first-order chi connectivity index (χ1) is 9.51. The summed E-state index contributed by atoms with van der Waals surface area (Å²) in [5, 5.41) is 10.8. The second-order valence-corrected chi connectivity index (χ2v) is 6.70. The fourth-order valence-corrected chi connectivity index (χ4v) is 3.15. The van der Waals surface area contributed by atoms with E-state index in [1.165, 1.54) is 36.8 Å². The first-order valence-electron chi connectivity index (χ1n) is 7.99. The van der Waals surface area contributed by atoms with Crippen molar-refractivity contribution in [3.63, 3.8) is 0 Å². The molecule has 2 nitrogen and oxygen atoms in total. The van der Waals surface area contributed by atoms with Crippen LogP contribution < -0.4 is 0 Å². The van der Waals surface area contributed by atoms with Crippen LogP contribution in [0.4, 0.5) is 0 Å². The molecule has 1 unspecified atom stereocenters. The Kier molecular flexibility index (Phi) is 5.22. The number of aliphatic hydroxyl groups excluding tert-OH is 1. The van der Waals surface area contributed by atoms with Gasteiger partial charge in [-0.1, -0.05) is 37.1 Å². The maximum absolute atomic E-state index is 10.8. The average Bonchev–Trinajstić information content (AvgIpc) is 2.70. The number of aliphatic hydroxyl groups is 1. The molecule has 1 aliphatic rings. The molecule has 0 spiro atoms. The van der Waals surface area contributed by atoms with Gasteiger partial charge in [-0.2, -0.15) is 0 Å². The average molecular weight is 275 g/mol. The molecule has 112 valence electrons. The van der Waals surface area contributed by atoms with Crippen LogP contribution in [0.3, 0.4) is 0 Å². The van der Waals surface area contributed by atoms with Crippen molar-refractivity contribution < 1.29 is 5.11 Å². The Morgan fingerprint density at radius 2 is 1.70 bits per heavy atom. The summed E-state index contributed by atoms with van der Waals surface area (Å²) in [6.07, 6.45) is 5.62. The van der Waals surface area contributed by atoms with Gasteiger partial charge in [0, 0.05) is 12.0 Å². The second kappa shape index (κ2) is 6.73. The van der Waals surface area contributed by atoms with Crippen LogP contribution in [0.2, 0.25) is 0 Å². The van der Waals surface area contributed by atoms with Gasteiger partial charge in [0.2, 0.25) is 0 Å². The molecule has 2 rings (SSSR count). The zero-order chi connectivity index (χ0) is 14.6. The highest BCUT2D eigenvalue weighted by Gasteiger charge is 2.34. The van der Waals surface area contributed by atoms with Gasteiger partial charge < -0.3 is 5.11 Å². The Morgan fingerprint density at radius 1 is 1.10 bits per heavy atom. The Labute approximate surface area is 123 Å². The number of nitrogens with zero attached hydrogens (tertiary/aromatic N) is 1. The van der Waals surface area contributed by atoms with Crippen LogP contribution in [-0.4, -0.2) is 34.7 Å². The summed E-state index contributed by atoms with van der Waals surface area (Å²) in [7, 11) is 0. The van der Waals surface area contributed by atoms with Gasteiger partial charge in [-0.25, -0.2) is 0 Å². The summed E-state index contributed by atoms with van der Waals surface area (Å²) >= 11 is 0. The SMILES string of the molecule is Cc1ccccc1CC(O)C(C)(C)N1CCCCCC1. The predicted octanol–water partition coefficient (Wildman–Crippen LogP) is 3.55. The van der Waals surface area contributed by atoms with Crippen LogP contribution in [0, 0.1) is 6.92 Å². The Hall–Kier alpha value is -0.860. The third-order valence-corrected chi connectivity index (χ3v) is 4.91. The van der Waals surface area contributed by atoms with E-state index in [-0.39, 0.29) is 11.6 Å². The molecular weight excluding hydrogens is 246 g/mol. The van der Waals surface area contributed by atoms with Gasteiger partial charge in [-0.05, 0) is 57.8 Å². The molecule has 1 aromatic rings. The zero-order valence-electron chi connectivity index (χ0n) is 13.2. The lowest BCUT2D eigenvalue weighted by molar-refractivity contribution is -0.00793. The van der Waals surface area contributed by atoms with Crippen LogP contribution in [0.5, 0.6) is 0 Å². The highest BCUT2D eigenvalue weighted by molar-refractivity contribution is 5.26. The number of benzene rings is 1. The van der Waals surface area contributed by atoms with E-state index >= 15 is 0 Å². The Morgan fingerprint density at radius 3 is 2.30 bits per heavy atom. The first kappa shape index (κ1) is 15.5. The van der Waals surface area contributed by atoms with E-state index in [4.69, 9.17) is 0 Å². The van der Waals surface area contributed by atoms with Crippen molar-refractivity contribution in [2.75, 3.05) is 13.1 Å². The van der Waals surface area contributed by atoms with Crippen LogP contribution >= 0.6 is 0 Å². The third-order valence-electron chi connectivity index (χ3n) is 4.91. The standard InChI is InChI=1S/C18H29NO/c1-15-10-6-7-11-16(15)14-17(20)18(2,3)19-12-8-4-5-9-13-19/h6-7,10-11,17,20H,4-5,8-9,12-14H2,1-3H3. The van der Waals surface area contributed by atoms with Gasteiger partial charge in [0.05, 0.1) is 6.10 Å². The second-order valence-electron chi connectivity index (χ2n) is 6.70. The maximum atomic E-state index is 10.8. The van der Waals surface area contributed by atoms with Gasteiger partial charge in [0.15, 0.2) is 0 Å². The smallest absolute Gasteiger partial charge is 0.0758 e. The van der Waals surface area contributed by atoms with Crippen LogP contribution in [0.25, 0.3) is 0 Å². The van der Waals surface area contributed by atoms with Gasteiger partial charge in [-0.3, -0.25) is 4.90 Å². The van der Waals surface area contributed by atoms with Crippen LogP contribution in [0.15, 0.2) is 24.3 Å². The summed E-state index contributed by atoms with van der Waals surface area (Å²) < 4.78 is 0. The molecule has 0 amide bonds. The normalized spacial score (nSPS) is 19.6. The minimum atomic E-state index is -0.318. The van der Waals surface area contributed by atoms with Gasteiger partial charge in [0.1, 0.15) is 0 Å². The molecule has 0 aromatic heterocycles. The molecule has 0 aliphatic carbocycles. The van der Waals surface area contributed by atoms with E-state index in [2.05, 4.69) is 49.9 Å². The molecule has 0 saturated carbocycles. The zero-order valence-corrected chi connectivity index (χ0v) is 13.2. The molecule has 1 N–H and O–H groups in total. The van der Waals surface area contributed by atoms with E-state index in [0.717, 1.165) is 19.5 Å². The van der Waals surface area contributed by atoms with Crippen LogP contribution in [0.1, 0.15) is 50.7 Å². The van der Waals surface area contributed by atoms with E-state index in [9.17, 15) is 5.11 Å². The van der Waals surface area contributed by atoms with Gasteiger partial charge >= 0.3 is 0 Å². The summed E-state index contributed by atoms with van der Waals surface area (Å²) in [6, 6.07) is 8.39. The number of hydrogen-bond donors (Lipinski definition) is 1. The summed E-state index contributed by atoms with van der Waals surface area (Å²) in [4.78, 5) is 2.49. The lowest BCUT2D eigenvalue weighted by Crippen LogP contribution is -2.53. The highest BCUT2D eigenvalue weighted by Crippen LogP contribution is 2.26. The van der Waals surface area contributed by atoms with Crippen molar-refractivity contribution in [1.82, 2.24) is 4.90 Å². The molecule has 20 heavy (non-hydrogen) atoms. The lowest BCUT2D eigenvalue weighted by Gasteiger charge is -2.41. The molecule has 0 radical (unpaired) electrons. The minimum absolute atomic E-state index is 0.146. The van der Waals surface area contributed by atoms with Crippen molar-refractivity contribution in [2.45, 2.75) is 64.5 Å². The van der Waals surface area contributed by atoms with Crippen molar-refractivity contribution in [3.8, 4) is 0 Å². The van der Waals surface area contributed by atoms with E-state index in [1.54, 1.807) is 0 Å². The van der Waals surface area contributed by atoms with Gasteiger partial charge in [0.25, 0.3) is 0 Å². The van der Waals surface area contributed by atoms with E-state index in [0.29, 0.717) is 0 Å². The minimum Gasteiger partial charge on any atom is -0.391 e. The monoisotopic (exact) mass is 275 g/mol. The lowest BCUT2D eigenvalue weighted by atomic mass is 9.88. The van der Waals surface area contributed by atoms with Crippen molar-refractivity contribution in [2.24, 2.45) is 0 Å². The van der Waals surface area contributed by atoms with Crippen molar-refractivity contribution in [3.05, 3.63) is 35.4 Å². The van der Waals surface area contributed by atoms with Crippen molar-refractivity contribution in [1.29, 1.82) is 0 Å². The molecule has 2 heteroatoms. The Bertz CT molecular complexity index is 419. The Balaban J connectivity index is 2.06. The van der Waals surface area contributed by atoms with Crippen molar-refractivity contribution >= 4 is 0 Å². The fourth-order valence-electron chi connectivity index (χ4n) is 3.15. The molecular formula is C18H29NO. The first-order valence-corrected chi connectivity index (χ1v) is 7.99. The summed E-state index contributed by atoms with van der Waals surface area (Å²) in [5.74, 6) is 0. The predicted molar refractivity (Wildman–Crippen MR) is 85.0 cm³/mol. The van der Waals surface area contributed by atoms with E-state index < -0.39 is 0 Å². The number of likely N-dealkylation sites (tertiary alicyclic amines) is 1. The van der Waals surface area contributed by atoms with Crippen LogP contribution in [-0.2, 0) is 6.42 Å². The van der Waals surface area contributed by atoms with E-state index in [1.807, 2.05) is 0 Å². The summed E-state index contributed by atoms with van der Waals surface area (Å²) in [5.41, 5.74) is 2.40. The highest BCUT2D eigenvalue weighted by atomic mass is 16.3. The molecule has 1 saturated heterocycles. The number of rotatable bonds is 4. The number of hydrogen-bond acceptors (Lipinski definition) is 2. The molecule has 1 aromatic carbocycles. The maximum Gasteiger partial charge on any atom is 0.0758 e. The van der Waals surface area contributed by atoms with Gasteiger partial charge in [-0.15, -0.1) is 0 Å². The number of aryl methyl sites for hydroxylation is 1. The quantitative estimate of drug-likeness (QED) is 0.908. The molecule has 1 atom stereocenters. The third kappa shape index (κ3) is 3.62. The topological polar surface area (TPSA) is 23.5 Å². The fraction of sp³-hybridized carbons (Fsp3) is 0.667. The summed E-state index contributed by atoms with van der Waals surface area (Å²) in [6.45, 7) is 8.76. The molecule has 1 aliphatic heterocycles.